The van der Waals surface area contributed by atoms with Crippen LogP contribution in [-0.4, -0.2) is 15.9 Å². The van der Waals surface area contributed by atoms with E-state index >= 15 is 0 Å². The number of thioether (sulfide) groups is 1. The van der Waals surface area contributed by atoms with Crippen molar-refractivity contribution in [3.63, 3.8) is 0 Å². The van der Waals surface area contributed by atoms with Gasteiger partial charge in [-0.3, -0.25) is 4.79 Å². The second kappa shape index (κ2) is 5.83. The molecule has 0 fully saturated rings. The van der Waals surface area contributed by atoms with Crippen molar-refractivity contribution >= 4 is 34.6 Å². The Labute approximate surface area is 92.4 Å². The average molecular weight is 228 g/mol. The normalized spacial score (nSPS) is 10.7. The molecule has 0 atom stereocenters. The van der Waals surface area contributed by atoms with E-state index < -0.39 is 0 Å². The predicted molar refractivity (Wildman–Crippen MR) is 61.4 cm³/mol. The average Bonchev–Trinajstić information content (AvgIpc) is 2.15. The molecule has 0 spiro atoms. The van der Waals surface area contributed by atoms with E-state index in [1.54, 1.807) is 19.2 Å². The monoisotopic (exact) mass is 227 g/mol. The van der Waals surface area contributed by atoms with E-state index in [-0.39, 0.29) is 5.12 Å². The topological polar surface area (TPSA) is 30.0 Å². The summed E-state index contributed by atoms with van der Waals surface area (Å²) in [6.07, 6.45) is 5.54. The summed E-state index contributed by atoms with van der Waals surface area (Å²) in [7, 11) is 0. The fraction of sp³-hybridized carbons (Fsp3) is 0.200. The summed E-state index contributed by atoms with van der Waals surface area (Å²) in [5.41, 5.74) is 0.985. The van der Waals surface area contributed by atoms with Crippen molar-refractivity contribution < 1.29 is 4.79 Å². The Hall–Kier alpha value is -0.800. The number of carbonyl (C=O) groups excluding carboxylic acids is 1. The van der Waals surface area contributed by atoms with Gasteiger partial charge in [0.2, 0.25) is 0 Å². The molecule has 0 aromatic carbocycles. The Bertz CT molecular complexity index is 334. The first-order valence-corrected chi connectivity index (χ1v) is 5.46. The highest BCUT2D eigenvalue weighted by molar-refractivity contribution is 8.13. The zero-order chi connectivity index (χ0) is 10.4. The molecular formula is C10H10ClNOS. The van der Waals surface area contributed by atoms with Gasteiger partial charge in [-0.05, 0) is 11.6 Å². The van der Waals surface area contributed by atoms with Crippen molar-refractivity contribution in [2.45, 2.75) is 6.92 Å². The fourth-order valence-electron chi connectivity index (χ4n) is 0.836. The number of pyridine rings is 1. The van der Waals surface area contributed by atoms with E-state index in [2.05, 4.69) is 4.98 Å². The molecule has 0 radical (unpaired) electrons. The third kappa shape index (κ3) is 4.44. The molecule has 2 nitrogen and oxygen atoms in total. The highest BCUT2D eigenvalue weighted by Gasteiger charge is 1.90. The summed E-state index contributed by atoms with van der Waals surface area (Å²) >= 11 is 6.91. The zero-order valence-electron chi connectivity index (χ0n) is 7.74. The second-order valence-electron chi connectivity index (χ2n) is 2.62. The van der Waals surface area contributed by atoms with E-state index in [9.17, 15) is 4.79 Å². The molecule has 0 saturated heterocycles. The van der Waals surface area contributed by atoms with Gasteiger partial charge in [-0.25, -0.2) is 4.98 Å². The van der Waals surface area contributed by atoms with Crippen LogP contribution in [-0.2, 0) is 4.79 Å². The van der Waals surface area contributed by atoms with E-state index in [1.165, 1.54) is 11.8 Å². The summed E-state index contributed by atoms with van der Waals surface area (Å²) in [5, 5.41) is 0.615. The van der Waals surface area contributed by atoms with E-state index in [4.69, 9.17) is 11.6 Å². The van der Waals surface area contributed by atoms with Crippen LogP contribution in [0.1, 0.15) is 12.5 Å². The molecule has 1 aromatic rings. The SMILES string of the molecule is CC(=O)SCC=Cc1ccc(Cl)nc1. The van der Waals surface area contributed by atoms with E-state index in [0.717, 1.165) is 5.56 Å². The molecule has 1 heterocycles. The summed E-state index contributed by atoms with van der Waals surface area (Å²) in [4.78, 5) is 14.5. The van der Waals surface area contributed by atoms with Gasteiger partial charge in [0.1, 0.15) is 5.15 Å². The maximum absolute atomic E-state index is 10.6. The molecule has 0 amide bonds. The summed E-state index contributed by atoms with van der Waals surface area (Å²) < 4.78 is 0. The highest BCUT2D eigenvalue weighted by Crippen LogP contribution is 2.08. The zero-order valence-corrected chi connectivity index (χ0v) is 9.31. The molecule has 0 N–H and O–H groups in total. The first-order chi connectivity index (χ1) is 6.68. The largest absolute Gasteiger partial charge is 0.288 e. The minimum absolute atomic E-state index is 0.129. The Morgan fingerprint density at radius 2 is 2.43 bits per heavy atom. The Morgan fingerprint density at radius 3 is 3.00 bits per heavy atom. The maximum atomic E-state index is 10.6. The van der Waals surface area contributed by atoms with Crippen LogP contribution in [0, 0.1) is 0 Å². The smallest absolute Gasteiger partial charge is 0.186 e. The number of nitrogens with zero attached hydrogens (tertiary/aromatic N) is 1. The molecule has 0 aliphatic carbocycles. The summed E-state index contributed by atoms with van der Waals surface area (Å²) in [5.74, 6) is 0.692. The van der Waals surface area contributed by atoms with Crippen LogP contribution in [0.2, 0.25) is 5.15 Å². The molecule has 0 saturated carbocycles. The first kappa shape index (κ1) is 11.3. The van der Waals surface area contributed by atoms with Gasteiger partial charge in [0.25, 0.3) is 0 Å². The third-order valence-electron chi connectivity index (χ3n) is 1.44. The molecule has 74 valence electrons. The lowest BCUT2D eigenvalue weighted by molar-refractivity contribution is -0.109. The molecule has 1 aromatic heterocycles. The van der Waals surface area contributed by atoms with E-state index in [1.807, 2.05) is 18.2 Å². The molecular weight excluding hydrogens is 218 g/mol. The summed E-state index contributed by atoms with van der Waals surface area (Å²) in [6.45, 7) is 1.56. The van der Waals surface area contributed by atoms with Gasteiger partial charge in [0.15, 0.2) is 5.12 Å². The minimum Gasteiger partial charge on any atom is -0.288 e. The van der Waals surface area contributed by atoms with E-state index in [0.29, 0.717) is 10.9 Å². The quantitative estimate of drug-likeness (QED) is 0.744. The molecule has 4 heteroatoms. The fourth-order valence-corrected chi connectivity index (χ4v) is 1.37. The van der Waals surface area contributed by atoms with Crippen LogP contribution < -0.4 is 0 Å². The summed E-state index contributed by atoms with van der Waals surface area (Å²) in [6, 6.07) is 3.61. The highest BCUT2D eigenvalue weighted by atomic mass is 35.5. The molecule has 14 heavy (non-hydrogen) atoms. The number of rotatable bonds is 3. The van der Waals surface area contributed by atoms with Crippen molar-refractivity contribution in [3.05, 3.63) is 35.1 Å². The lowest BCUT2D eigenvalue weighted by Crippen LogP contribution is -1.82. The van der Waals surface area contributed by atoms with Gasteiger partial charge in [-0.2, -0.15) is 0 Å². The van der Waals surface area contributed by atoms with Crippen molar-refractivity contribution in [2.75, 3.05) is 5.75 Å². The molecule has 0 bridgehead atoms. The van der Waals surface area contributed by atoms with Crippen LogP contribution in [0.25, 0.3) is 6.08 Å². The van der Waals surface area contributed by atoms with Crippen molar-refractivity contribution in [1.29, 1.82) is 0 Å². The van der Waals surface area contributed by atoms with Gasteiger partial charge >= 0.3 is 0 Å². The number of carbonyl (C=O) groups is 1. The lowest BCUT2D eigenvalue weighted by atomic mass is 10.3. The Morgan fingerprint density at radius 1 is 1.64 bits per heavy atom. The number of hydrogen-bond acceptors (Lipinski definition) is 3. The lowest BCUT2D eigenvalue weighted by Gasteiger charge is -1.92. The van der Waals surface area contributed by atoms with Gasteiger partial charge in [0, 0.05) is 18.9 Å². The Balaban J connectivity index is 2.44. The molecule has 0 aliphatic heterocycles. The van der Waals surface area contributed by atoms with Crippen LogP contribution in [0.4, 0.5) is 0 Å². The number of aromatic nitrogens is 1. The molecule has 1 rings (SSSR count). The second-order valence-corrected chi connectivity index (χ2v) is 4.20. The van der Waals surface area contributed by atoms with Crippen molar-refractivity contribution in [2.24, 2.45) is 0 Å². The third-order valence-corrected chi connectivity index (χ3v) is 2.43. The van der Waals surface area contributed by atoms with Crippen LogP contribution in [0.15, 0.2) is 24.4 Å². The number of hydrogen-bond donors (Lipinski definition) is 0. The standard InChI is InChI=1S/C10H10ClNOS/c1-8(13)14-6-2-3-9-4-5-10(11)12-7-9/h2-5,7H,6H2,1H3. The van der Waals surface area contributed by atoms with Gasteiger partial charge in [-0.1, -0.05) is 41.6 Å². The Kier molecular flexibility index (Phi) is 4.70. The van der Waals surface area contributed by atoms with Gasteiger partial charge < -0.3 is 0 Å². The minimum atomic E-state index is 0.129. The van der Waals surface area contributed by atoms with Gasteiger partial charge in [-0.15, -0.1) is 0 Å². The maximum Gasteiger partial charge on any atom is 0.186 e. The van der Waals surface area contributed by atoms with Crippen LogP contribution in [0.5, 0.6) is 0 Å². The molecule has 0 aliphatic rings. The predicted octanol–water partition coefficient (Wildman–Crippen LogP) is 3.03. The van der Waals surface area contributed by atoms with Crippen molar-refractivity contribution in [3.8, 4) is 0 Å². The van der Waals surface area contributed by atoms with Crippen molar-refractivity contribution in [1.82, 2.24) is 4.98 Å². The number of halogens is 1. The van der Waals surface area contributed by atoms with Crippen LogP contribution >= 0.6 is 23.4 Å². The van der Waals surface area contributed by atoms with Crippen LogP contribution in [0.3, 0.4) is 0 Å². The first-order valence-electron chi connectivity index (χ1n) is 4.10. The van der Waals surface area contributed by atoms with Gasteiger partial charge in [0.05, 0.1) is 0 Å². The molecule has 0 unspecified atom stereocenters.